The van der Waals surface area contributed by atoms with Crippen LogP contribution in [0.1, 0.15) is 0 Å². The van der Waals surface area contributed by atoms with Crippen LogP contribution < -0.4 is 10.6 Å². The first-order valence-corrected chi connectivity index (χ1v) is 7.93. The summed E-state index contributed by atoms with van der Waals surface area (Å²) in [5.74, 6) is -0.338. The minimum atomic E-state index is -1.08. The van der Waals surface area contributed by atoms with Crippen LogP contribution in [-0.2, 0) is 4.79 Å². The first-order valence-electron chi connectivity index (χ1n) is 6.30. The van der Waals surface area contributed by atoms with Crippen LogP contribution in [0.3, 0.4) is 0 Å². The number of nitrogens with one attached hydrogen (secondary N) is 2. The van der Waals surface area contributed by atoms with Crippen LogP contribution in [0.2, 0.25) is 0 Å². The molecule has 3 rings (SSSR count). The Hall–Kier alpha value is -1.92. The van der Waals surface area contributed by atoms with E-state index in [0.29, 0.717) is 0 Å². The van der Waals surface area contributed by atoms with Gasteiger partial charge in [-0.05, 0) is 24.3 Å². The van der Waals surface area contributed by atoms with Gasteiger partial charge in [0.05, 0.1) is 0 Å². The van der Waals surface area contributed by atoms with E-state index in [1.807, 2.05) is 60.7 Å². The molecule has 0 aliphatic carbocycles. The fourth-order valence-corrected chi connectivity index (χ4v) is 4.47. The molecular weight excluding hydrogens is 304 g/mol. The first-order chi connectivity index (χ1) is 10.2. The van der Waals surface area contributed by atoms with Gasteiger partial charge in [0.1, 0.15) is 0 Å². The highest BCUT2D eigenvalue weighted by atomic mass is 32.2. The van der Waals surface area contributed by atoms with Gasteiger partial charge in [-0.1, -0.05) is 59.9 Å². The molecule has 21 heavy (non-hydrogen) atoms. The van der Waals surface area contributed by atoms with Crippen molar-refractivity contribution in [1.29, 1.82) is 0 Å². The van der Waals surface area contributed by atoms with Gasteiger partial charge in [-0.25, -0.2) is 4.79 Å². The first kappa shape index (κ1) is 14.0. The van der Waals surface area contributed by atoms with Gasteiger partial charge in [0.25, 0.3) is 5.91 Å². The van der Waals surface area contributed by atoms with E-state index in [9.17, 15) is 9.59 Å². The summed E-state index contributed by atoms with van der Waals surface area (Å²) in [7, 11) is 0. The molecule has 2 aromatic carbocycles. The standard InChI is InChI=1S/C15H12N2O2S2/c18-13-15(17-14(19)16-13,20-11-7-3-1-4-8-11)21-12-9-5-2-6-10-12/h1-10H,(H2,16,17,18,19). The second-order valence-corrected chi connectivity index (χ2v) is 7.19. The van der Waals surface area contributed by atoms with Crippen LogP contribution >= 0.6 is 23.5 Å². The smallest absolute Gasteiger partial charge is 0.306 e. The quantitative estimate of drug-likeness (QED) is 0.672. The topological polar surface area (TPSA) is 58.2 Å². The van der Waals surface area contributed by atoms with Gasteiger partial charge in [0, 0.05) is 9.79 Å². The van der Waals surface area contributed by atoms with Gasteiger partial charge < -0.3 is 5.32 Å². The van der Waals surface area contributed by atoms with Crippen LogP contribution in [0.5, 0.6) is 0 Å². The van der Waals surface area contributed by atoms with E-state index in [-0.39, 0.29) is 5.91 Å². The van der Waals surface area contributed by atoms with E-state index in [2.05, 4.69) is 10.6 Å². The van der Waals surface area contributed by atoms with E-state index in [0.717, 1.165) is 9.79 Å². The predicted molar refractivity (Wildman–Crippen MR) is 84.0 cm³/mol. The zero-order valence-corrected chi connectivity index (χ0v) is 12.5. The largest absolute Gasteiger partial charge is 0.323 e. The molecule has 106 valence electrons. The minimum absolute atomic E-state index is 0.338. The van der Waals surface area contributed by atoms with Crippen molar-refractivity contribution >= 4 is 35.5 Å². The van der Waals surface area contributed by atoms with Crippen molar-refractivity contribution in [2.45, 2.75) is 14.0 Å². The molecule has 6 heteroatoms. The average Bonchev–Trinajstić information content (AvgIpc) is 2.75. The highest BCUT2D eigenvalue weighted by molar-refractivity contribution is 8.19. The number of hydrogen-bond acceptors (Lipinski definition) is 4. The highest BCUT2D eigenvalue weighted by Crippen LogP contribution is 2.45. The third-order valence-electron chi connectivity index (χ3n) is 2.81. The van der Waals surface area contributed by atoms with Crippen molar-refractivity contribution < 1.29 is 9.59 Å². The summed E-state index contributed by atoms with van der Waals surface area (Å²) in [5.41, 5.74) is 0. The Balaban J connectivity index is 1.92. The summed E-state index contributed by atoms with van der Waals surface area (Å²) in [6.07, 6.45) is 0. The van der Waals surface area contributed by atoms with Gasteiger partial charge in [-0.15, -0.1) is 0 Å². The Morgan fingerprint density at radius 3 is 1.62 bits per heavy atom. The van der Waals surface area contributed by atoms with Crippen molar-refractivity contribution in [3.05, 3.63) is 60.7 Å². The van der Waals surface area contributed by atoms with E-state index in [4.69, 9.17) is 0 Å². The van der Waals surface area contributed by atoms with Gasteiger partial charge in [-0.3, -0.25) is 10.1 Å². The normalized spacial score (nSPS) is 16.4. The summed E-state index contributed by atoms with van der Waals surface area (Å²) in [4.78, 5) is 25.7. The lowest BCUT2D eigenvalue weighted by molar-refractivity contribution is -0.119. The second-order valence-electron chi connectivity index (χ2n) is 4.36. The van der Waals surface area contributed by atoms with Gasteiger partial charge in [-0.2, -0.15) is 0 Å². The predicted octanol–water partition coefficient (Wildman–Crippen LogP) is 3.06. The van der Waals surface area contributed by atoms with Crippen molar-refractivity contribution in [2.24, 2.45) is 0 Å². The van der Waals surface area contributed by atoms with Gasteiger partial charge >= 0.3 is 6.03 Å². The Labute approximate surface area is 130 Å². The van der Waals surface area contributed by atoms with E-state index in [1.165, 1.54) is 23.5 Å². The third kappa shape index (κ3) is 3.06. The Morgan fingerprint density at radius 1 is 0.762 bits per heavy atom. The van der Waals surface area contributed by atoms with Crippen molar-refractivity contribution in [3.63, 3.8) is 0 Å². The maximum absolute atomic E-state index is 12.3. The number of amides is 3. The fourth-order valence-electron chi connectivity index (χ4n) is 1.90. The SMILES string of the molecule is O=C1NC(=O)C(Sc2ccccc2)(Sc2ccccc2)N1. The maximum atomic E-state index is 12.3. The Morgan fingerprint density at radius 2 is 1.24 bits per heavy atom. The molecule has 0 aromatic heterocycles. The van der Waals surface area contributed by atoms with E-state index in [1.54, 1.807) is 0 Å². The average molecular weight is 316 g/mol. The monoisotopic (exact) mass is 316 g/mol. The number of urea groups is 1. The van der Waals surface area contributed by atoms with Crippen molar-refractivity contribution in [2.75, 3.05) is 0 Å². The number of carbonyl (C=O) groups excluding carboxylic acids is 2. The molecule has 1 aliphatic heterocycles. The summed E-state index contributed by atoms with van der Waals surface area (Å²) in [5, 5.41) is 5.06. The molecule has 0 spiro atoms. The molecule has 2 aromatic rings. The molecule has 0 unspecified atom stereocenters. The van der Waals surface area contributed by atoms with E-state index < -0.39 is 10.2 Å². The van der Waals surface area contributed by atoms with Gasteiger partial charge in [0.15, 0.2) is 0 Å². The number of hydrogen-bond donors (Lipinski definition) is 2. The number of thioether (sulfide) groups is 2. The molecule has 3 amide bonds. The maximum Gasteiger partial charge on any atom is 0.323 e. The number of imide groups is 1. The lowest BCUT2D eigenvalue weighted by Gasteiger charge is -2.24. The molecule has 1 saturated heterocycles. The van der Waals surface area contributed by atoms with Crippen LogP contribution in [-0.4, -0.2) is 16.1 Å². The number of benzene rings is 2. The zero-order chi connectivity index (χ0) is 14.7. The van der Waals surface area contributed by atoms with Crippen LogP contribution in [0, 0.1) is 0 Å². The van der Waals surface area contributed by atoms with E-state index >= 15 is 0 Å². The molecular formula is C15H12N2O2S2. The summed E-state index contributed by atoms with van der Waals surface area (Å²) >= 11 is 2.65. The fraction of sp³-hybridized carbons (Fsp3) is 0.0667. The van der Waals surface area contributed by atoms with Crippen LogP contribution in [0.15, 0.2) is 70.5 Å². The van der Waals surface area contributed by atoms with Crippen molar-refractivity contribution in [3.8, 4) is 0 Å². The second kappa shape index (κ2) is 5.83. The number of carbonyl (C=O) groups is 2. The number of rotatable bonds is 4. The molecule has 1 heterocycles. The molecule has 0 radical (unpaired) electrons. The van der Waals surface area contributed by atoms with Crippen LogP contribution in [0.4, 0.5) is 4.79 Å². The zero-order valence-electron chi connectivity index (χ0n) is 10.9. The highest BCUT2D eigenvalue weighted by Gasteiger charge is 2.48. The Bertz CT molecular complexity index is 620. The molecule has 1 aliphatic rings. The molecule has 2 N–H and O–H groups in total. The molecule has 0 atom stereocenters. The minimum Gasteiger partial charge on any atom is -0.306 e. The lowest BCUT2D eigenvalue weighted by Crippen LogP contribution is -2.39. The Kier molecular flexibility index (Phi) is 3.90. The molecule has 1 fully saturated rings. The lowest BCUT2D eigenvalue weighted by atomic mass is 10.4. The van der Waals surface area contributed by atoms with Crippen LogP contribution in [0.25, 0.3) is 0 Å². The summed E-state index contributed by atoms with van der Waals surface area (Å²) in [6, 6.07) is 18.6. The summed E-state index contributed by atoms with van der Waals surface area (Å²) in [6.45, 7) is 0. The molecule has 0 bridgehead atoms. The molecule has 0 saturated carbocycles. The summed E-state index contributed by atoms with van der Waals surface area (Å²) < 4.78 is -1.08. The van der Waals surface area contributed by atoms with Crippen molar-refractivity contribution in [1.82, 2.24) is 10.6 Å². The van der Waals surface area contributed by atoms with Gasteiger partial charge in [0.2, 0.25) is 4.20 Å². The third-order valence-corrected chi connectivity index (χ3v) is 5.48. The molecule has 4 nitrogen and oxygen atoms in total.